The van der Waals surface area contributed by atoms with Gasteiger partial charge >= 0.3 is 12.0 Å². The van der Waals surface area contributed by atoms with Gasteiger partial charge in [0.05, 0.1) is 11.3 Å². The van der Waals surface area contributed by atoms with Crippen molar-refractivity contribution in [2.24, 2.45) is 0 Å². The number of aromatic carboxylic acids is 1. The third-order valence-corrected chi connectivity index (χ3v) is 3.77. The molecule has 1 heterocycles. The first-order valence-corrected chi connectivity index (χ1v) is 6.88. The van der Waals surface area contributed by atoms with Crippen LogP contribution < -0.4 is 10.6 Å². The summed E-state index contributed by atoms with van der Waals surface area (Å²) >= 11 is 4.46. The minimum atomic E-state index is -1.07. The molecule has 2 rings (SSSR count). The zero-order valence-corrected chi connectivity index (χ0v) is 11.9. The Morgan fingerprint density at radius 2 is 1.89 bits per heavy atom. The molecule has 19 heavy (non-hydrogen) atoms. The number of hydrogen-bond acceptors (Lipinski definition) is 3. The van der Waals surface area contributed by atoms with Gasteiger partial charge in [0.25, 0.3) is 0 Å². The summed E-state index contributed by atoms with van der Waals surface area (Å²) in [6.45, 7) is 0. The van der Waals surface area contributed by atoms with Crippen molar-refractivity contribution in [3.05, 3.63) is 45.7 Å². The molecular weight excluding hydrogens is 332 g/mol. The van der Waals surface area contributed by atoms with Crippen molar-refractivity contribution in [3.63, 3.8) is 0 Å². The smallest absolute Gasteiger partial charge is 0.338 e. The number of amides is 2. The molecule has 5 nitrogen and oxygen atoms in total. The zero-order chi connectivity index (χ0) is 13.8. The largest absolute Gasteiger partial charge is 0.478 e. The van der Waals surface area contributed by atoms with Crippen LogP contribution in [-0.4, -0.2) is 17.1 Å². The first-order valence-electron chi connectivity index (χ1n) is 5.21. The number of carbonyl (C=O) groups excluding carboxylic acids is 1. The van der Waals surface area contributed by atoms with E-state index in [0.717, 1.165) is 15.8 Å². The van der Waals surface area contributed by atoms with Crippen molar-refractivity contribution in [1.82, 2.24) is 0 Å². The first kappa shape index (κ1) is 13.6. The maximum Gasteiger partial charge on any atom is 0.338 e. The molecule has 0 atom stereocenters. The highest BCUT2D eigenvalue weighted by Crippen LogP contribution is 2.25. The fraction of sp³-hybridized carbons (Fsp3) is 0. The SMILES string of the molecule is O=C(Nc1ccccc1Br)Nc1sccc1C(=O)O. The molecule has 0 bridgehead atoms. The van der Waals surface area contributed by atoms with Gasteiger partial charge in [-0.3, -0.25) is 5.32 Å². The van der Waals surface area contributed by atoms with Gasteiger partial charge in [-0.15, -0.1) is 11.3 Å². The topological polar surface area (TPSA) is 78.4 Å². The van der Waals surface area contributed by atoms with Crippen LogP contribution in [0.4, 0.5) is 15.5 Å². The Morgan fingerprint density at radius 1 is 1.16 bits per heavy atom. The van der Waals surface area contributed by atoms with E-state index < -0.39 is 12.0 Å². The predicted molar refractivity (Wildman–Crippen MR) is 78.1 cm³/mol. The summed E-state index contributed by atoms with van der Waals surface area (Å²) in [6, 6.07) is 8.10. The molecule has 0 saturated carbocycles. The second kappa shape index (κ2) is 5.85. The van der Waals surface area contributed by atoms with Crippen molar-refractivity contribution >= 4 is 50.0 Å². The zero-order valence-electron chi connectivity index (χ0n) is 9.51. The standard InChI is InChI=1S/C12H9BrN2O3S/c13-8-3-1-2-4-9(8)14-12(18)15-10-7(11(16)17)5-6-19-10/h1-6H,(H,16,17)(H2,14,15,18). The molecular formula is C12H9BrN2O3S. The number of carboxylic acid groups (broad SMARTS) is 1. The monoisotopic (exact) mass is 340 g/mol. The second-order valence-corrected chi connectivity index (χ2v) is 5.30. The second-order valence-electron chi connectivity index (χ2n) is 3.53. The summed E-state index contributed by atoms with van der Waals surface area (Å²) < 4.78 is 0.745. The third-order valence-electron chi connectivity index (χ3n) is 2.24. The number of carbonyl (C=O) groups is 2. The highest BCUT2D eigenvalue weighted by atomic mass is 79.9. The minimum Gasteiger partial charge on any atom is -0.478 e. The summed E-state index contributed by atoms with van der Waals surface area (Å²) in [5, 5.41) is 16.0. The van der Waals surface area contributed by atoms with Gasteiger partial charge in [-0.1, -0.05) is 12.1 Å². The van der Waals surface area contributed by atoms with Crippen LogP contribution in [-0.2, 0) is 0 Å². The lowest BCUT2D eigenvalue weighted by Gasteiger charge is -2.08. The van der Waals surface area contributed by atoms with Gasteiger partial charge in [0, 0.05) is 4.47 Å². The molecule has 7 heteroatoms. The van der Waals surface area contributed by atoms with E-state index in [2.05, 4.69) is 26.6 Å². The van der Waals surface area contributed by atoms with Gasteiger partial charge in [-0.05, 0) is 39.5 Å². The van der Waals surface area contributed by atoms with Gasteiger partial charge in [-0.2, -0.15) is 0 Å². The molecule has 98 valence electrons. The molecule has 0 saturated heterocycles. The Hall–Kier alpha value is -1.86. The molecule has 1 aromatic carbocycles. The van der Waals surface area contributed by atoms with Crippen LogP contribution >= 0.6 is 27.3 Å². The van der Waals surface area contributed by atoms with E-state index in [1.54, 1.807) is 23.6 Å². The Morgan fingerprint density at radius 3 is 2.58 bits per heavy atom. The molecule has 0 aliphatic carbocycles. The summed E-state index contributed by atoms with van der Waals surface area (Å²) in [7, 11) is 0. The number of rotatable bonds is 3. The van der Waals surface area contributed by atoms with Crippen LogP contribution in [0, 0.1) is 0 Å². The normalized spacial score (nSPS) is 9.95. The quantitative estimate of drug-likeness (QED) is 0.793. The van der Waals surface area contributed by atoms with Gasteiger partial charge in [-0.25, -0.2) is 9.59 Å². The van der Waals surface area contributed by atoms with Gasteiger partial charge < -0.3 is 10.4 Å². The lowest BCUT2D eigenvalue weighted by atomic mass is 10.3. The number of urea groups is 1. The molecule has 2 amide bonds. The number of benzene rings is 1. The van der Waals surface area contributed by atoms with Gasteiger partial charge in [0.2, 0.25) is 0 Å². The van der Waals surface area contributed by atoms with E-state index in [0.29, 0.717) is 10.7 Å². The molecule has 0 fully saturated rings. The highest BCUT2D eigenvalue weighted by molar-refractivity contribution is 9.10. The van der Waals surface area contributed by atoms with Crippen LogP contribution in [0.3, 0.4) is 0 Å². The third kappa shape index (κ3) is 3.33. The number of nitrogens with one attached hydrogen (secondary N) is 2. The number of thiophene rings is 1. The predicted octanol–water partition coefficient (Wildman–Crippen LogP) is 3.85. The van der Waals surface area contributed by atoms with E-state index in [4.69, 9.17) is 5.11 Å². The highest BCUT2D eigenvalue weighted by Gasteiger charge is 2.14. The summed E-state index contributed by atoms with van der Waals surface area (Å²) in [5.41, 5.74) is 0.681. The maximum absolute atomic E-state index is 11.8. The molecule has 0 aliphatic rings. The number of para-hydroxylation sites is 1. The van der Waals surface area contributed by atoms with E-state index >= 15 is 0 Å². The van der Waals surface area contributed by atoms with Crippen molar-refractivity contribution in [3.8, 4) is 0 Å². The van der Waals surface area contributed by atoms with Crippen molar-refractivity contribution in [1.29, 1.82) is 0 Å². The molecule has 0 unspecified atom stereocenters. The van der Waals surface area contributed by atoms with Crippen molar-refractivity contribution in [2.75, 3.05) is 10.6 Å². The molecule has 0 aliphatic heterocycles. The van der Waals surface area contributed by atoms with Gasteiger partial charge in [0.15, 0.2) is 0 Å². The van der Waals surface area contributed by atoms with E-state index in [-0.39, 0.29) is 5.56 Å². The lowest BCUT2D eigenvalue weighted by Crippen LogP contribution is -2.20. The summed E-state index contributed by atoms with van der Waals surface area (Å²) in [4.78, 5) is 22.7. The summed E-state index contributed by atoms with van der Waals surface area (Å²) in [6.07, 6.45) is 0. The fourth-order valence-corrected chi connectivity index (χ4v) is 2.55. The maximum atomic E-state index is 11.8. The van der Waals surface area contributed by atoms with E-state index in [1.165, 1.54) is 6.07 Å². The minimum absolute atomic E-state index is 0.0762. The summed E-state index contributed by atoms with van der Waals surface area (Å²) in [5.74, 6) is -1.07. The van der Waals surface area contributed by atoms with E-state index in [1.807, 2.05) is 6.07 Å². The Kier molecular flexibility index (Phi) is 4.18. The van der Waals surface area contributed by atoms with Crippen LogP contribution in [0.25, 0.3) is 0 Å². The number of anilines is 2. The molecule has 0 spiro atoms. The van der Waals surface area contributed by atoms with Crippen LogP contribution in [0.15, 0.2) is 40.2 Å². The van der Waals surface area contributed by atoms with Crippen LogP contribution in [0.1, 0.15) is 10.4 Å². The number of hydrogen-bond donors (Lipinski definition) is 3. The average Bonchev–Trinajstić information content (AvgIpc) is 2.80. The Bertz CT molecular complexity index is 627. The lowest BCUT2D eigenvalue weighted by molar-refractivity contribution is 0.0698. The van der Waals surface area contributed by atoms with Crippen LogP contribution in [0.5, 0.6) is 0 Å². The molecule has 0 radical (unpaired) electrons. The average molecular weight is 341 g/mol. The number of carboxylic acids is 1. The molecule has 1 aromatic heterocycles. The first-order chi connectivity index (χ1) is 9.08. The fourth-order valence-electron chi connectivity index (χ4n) is 1.39. The van der Waals surface area contributed by atoms with Crippen molar-refractivity contribution < 1.29 is 14.7 Å². The van der Waals surface area contributed by atoms with E-state index in [9.17, 15) is 9.59 Å². The molecule has 2 aromatic rings. The van der Waals surface area contributed by atoms with Crippen LogP contribution in [0.2, 0.25) is 0 Å². The van der Waals surface area contributed by atoms with Crippen molar-refractivity contribution in [2.45, 2.75) is 0 Å². The Balaban J connectivity index is 2.08. The van der Waals surface area contributed by atoms with Gasteiger partial charge in [0.1, 0.15) is 5.00 Å². The Labute approximate surface area is 121 Å². The number of halogens is 1. The molecule has 3 N–H and O–H groups in total.